The van der Waals surface area contributed by atoms with Crippen LogP contribution in [0.15, 0.2) is 115 Å². The maximum Gasteiger partial charge on any atom is 0.303 e. The number of aliphatic carboxylic acids is 1. The van der Waals surface area contributed by atoms with Gasteiger partial charge in [-0.25, -0.2) is 0 Å². The van der Waals surface area contributed by atoms with Gasteiger partial charge in [0.1, 0.15) is 54.1 Å². The van der Waals surface area contributed by atoms with Crippen molar-refractivity contribution >= 4 is 88.6 Å². The Bertz CT molecular complexity index is 3330. The third-order valence-corrected chi connectivity index (χ3v) is 16.7. The van der Waals surface area contributed by atoms with Crippen molar-refractivity contribution in [3.8, 4) is 5.75 Å². The van der Waals surface area contributed by atoms with Gasteiger partial charge in [-0.15, -0.1) is 11.8 Å². The number of thioether (sulfide) groups is 1. The molecule has 29 heteroatoms. The molecule has 12 amide bonds. The van der Waals surface area contributed by atoms with Crippen LogP contribution in [-0.4, -0.2) is 226 Å². The van der Waals surface area contributed by atoms with Crippen LogP contribution < -0.4 is 43.0 Å². The lowest BCUT2D eigenvalue weighted by Gasteiger charge is -2.34. The van der Waals surface area contributed by atoms with Crippen LogP contribution in [0.2, 0.25) is 0 Å². The molecule has 0 bridgehead atoms. The van der Waals surface area contributed by atoms with Gasteiger partial charge in [-0.2, -0.15) is 0 Å². The minimum absolute atomic E-state index is 0.108. The van der Waals surface area contributed by atoms with E-state index >= 15 is 4.79 Å². The molecule has 1 aliphatic heterocycles. The molecular formula is C66H86N12O16S. The molecule has 0 radical (unpaired) electrons. The van der Waals surface area contributed by atoms with Gasteiger partial charge in [0.2, 0.25) is 70.9 Å². The molecule has 95 heavy (non-hydrogen) atoms. The second-order valence-electron chi connectivity index (χ2n) is 23.6. The molecule has 0 aliphatic carbocycles. The molecule has 1 heterocycles. The fraction of sp³-hybridized carbons (Fsp3) is 0.439. The Balaban J connectivity index is 1.61. The summed E-state index contributed by atoms with van der Waals surface area (Å²) in [5.74, 6) is -13.4. The van der Waals surface area contributed by atoms with E-state index in [1.165, 1.54) is 59.4 Å². The molecule has 12 N–H and O–H groups in total. The minimum Gasteiger partial charge on any atom is -0.508 e. The van der Waals surface area contributed by atoms with Gasteiger partial charge in [-0.05, 0) is 60.1 Å². The molecule has 1 fully saturated rings. The van der Waals surface area contributed by atoms with Crippen LogP contribution in [0, 0.1) is 5.92 Å². The number of phenolic OH excluding ortho intramolecular Hbond substituents is 1. The quantitative estimate of drug-likeness (QED) is 0.0590. The predicted octanol–water partition coefficient (Wildman–Crippen LogP) is -1.22. The zero-order valence-corrected chi connectivity index (χ0v) is 55.0. The molecule has 4 aromatic carbocycles. The van der Waals surface area contributed by atoms with Crippen molar-refractivity contribution in [2.75, 3.05) is 59.3 Å². The Labute approximate surface area is 555 Å². The number of aliphatic hydroxyl groups excluding tert-OH is 1. The van der Waals surface area contributed by atoms with Gasteiger partial charge in [-0.1, -0.05) is 117 Å². The predicted molar refractivity (Wildman–Crippen MR) is 350 cm³/mol. The van der Waals surface area contributed by atoms with E-state index in [-0.39, 0.29) is 50.0 Å². The van der Waals surface area contributed by atoms with Crippen molar-refractivity contribution < 1.29 is 77.6 Å². The van der Waals surface area contributed by atoms with Crippen LogP contribution in [0.25, 0.3) is 0 Å². The molecule has 1 saturated heterocycles. The Morgan fingerprint density at radius 3 is 1.58 bits per heavy atom. The molecule has 5 rings (SSSR count). The molecular weight excluding hydrogens is 1250 g/mol. The van der Waals surface area contributed by atoms with Crippen LogP contribution in [0.4, 0.5) is 0 Å². The fourth-order valence-electron chi connectivity index (χ4n) is 10.3. The first-order valence-corrected chi connectivity index (χ1v) is 31.9. The third kappa shape index (κ3) is 24.2. The second-order valence-corrected chi connectivity index (χ2v) is 24.7. The zero-order valence-electron chi connectivity index (χ0n) is 54.2. The monoisotopic (exact) mass is 1330 g/mol. The van der Waals surface area contributed by atoms with E-state index in [1.807, 2.05) is 0 Å². The number of nitrogens with zero attached hydrogens (tertiary/aromatic N) is 4. The highest BCUT2D eigenvalue weighted by Crippen LogP contribution is 2.19. The number of aliphatic hydroxyl groups is 1. The summed E-state index contributed by atoms with van der Waals surface area (Å²) in [5.41, 5.74) is 7.48. The van der Waals surface area contributed by atoms with E-state index in [1.54, 1.807) is 105 Å². The van der Waals surface area contributed by atoms with E-state index in [4.69, 9.17) is 5.73 Å². The first-order chi connectivity index (χ1) is 45.0. The van der Waals surface area contributed by atoms with Crippen LogP contribution in [0.3, 0.4) is 0 Å². The molecule has 9 atom stereocenters. The topological polar surface area (TPSA) is 406 Å². The third-order valence-electron chi connectivity index (χ3n) is 15.6. The van der Waals surface area contributed by atoms with Gasteiger partial charge < -0.3 is 77.9 Å². The van der Waals surface area contributed by atoms with E-state index in [0.717, 1.165) is 31.4 Å². The van der Waals surface area contributed by atoms with Crippen molar-refractivity contribution in [1.29, 1.82) is 0 Å². The van der Waals surface area contributed by atoms with Gasteiger partial charge in [0.25, 0.3) is 0 Å². The molecule has 28 nitrogen and oxygen atoms in total. The summed E-state index contributed by atoms with van der Waals surface area (Å²) < 4.78 is 0. The second kappa shape index (κ2) is 37.1. The molecule has 512 valence electrons. The van der Waals surface area contributed by atoms with Crippen molar-refractivity contribution in [2.45, 2.75) is 120 Å². The number of benzene rings is 4. The average molecular weight is 1340 g/mol. The molecule has 0 spiro atoms. The van der Waals surface area contributed by atoms with Gasteiger partial charge >= 0.3 is 5.97 Å². The van der Waals surface area contributed by atoms with E-state index < -0.39 is 169 Å². The summed E-state index contributed by atoms with van der Waals surface area (Å²) in [4.78, 5) is 186. The highest BCUT2D eigenvalue weighted by Gasteiger charge is 2.40. The van der Waals surface area contributed by atoms with Crippen molar-refractivity contribution in [3.05, 3.63) is 138 Å². The van der Waals surface area contributed by atoms with Crippen LogP contribution in [0.1, 0.15) is 62.3 Å². The normalized spacial score (nSPS) is 22.3. The summed E-state index contributed by atoms with van der Waals surface area (Å²) in [6.07, 6.45) is -3.12. The lowest BCUT2D eigenvalue weighted by atomic mass is 10.00. The van der Waals surface area contributed by atoms with Crippen molar-refractivity contribution in [1.82, 2.24) is 56.8 Å². The maximum absolute atomic E-state index is 15.0. The number of carbonyl (C=O) groups is 13. The number of primary amides is 1. The zero-order chi connectivity index (χ0) is 70.1. The first kappa shape index (κ1) is 75.8. The largest absolute Gasteiger partial charge is 0.508 e. The smallest absolute Gasteiger partial charge is 0.303 e. The number of hydrogen-bond donors (Lipinski definition) is 11. The standard InChI is InChI=1S/C66H86N12O16S/c1-39(2)57-62(90)71-46(24-17-25-56(85)86)63(91)75(4)35-53(82)70-48(31-44-26-28-45(80)29-27-44)64(92)78(7)51(33-43-22-15-10-16-23-43)65(93)76(5)36-54(83)73-58(40(3)79)66(94)77(6)50(32-42-20-13-9-14-21-42)61(89)72-49(59(87)68-34-52(67)81)37-95-38-55(84)69-47(60(88)74-57)30-41-18-11-8-12-19-41/h8-16,18-23,26-29,39-40,46-51,57-58,79-80H,17,24-25,30-38H2,1-7H3,(H2,67,81)(H,68,87)(H,69,84)(H,70,82)(H,71,90)(H,72,89)(H,73,83)(H,74,88)(H,85,86)/t40-,46+,47+,48+,49+,50+,51+,57+,58+/m1/s1. The lowest BCUT2D eigenvalue weighted by molar-refractivity contribution is -0.147. The number of amides is 12. The Morgan fingerprint density at radius 1 is 0.547 bits per heavy atom. The highest BCUT2D eigenvalue weighted by atomic mass is 32.2. The summed E-state index contributed by atoms with van der Waals surface area (Å²) in [6.45, 7) is 2.25. The number of phenols is 1. The highest BCUT2D eigenvalue weighted by molar-refractivity contribution is 8.00. The van der Waals surface area contributed by atoms with Gasteiger partial charge in [-0.3, -0.25) is 62.3 Å². The summed E-state index contributed by atoms with van der Waals surface area (Å²) >= 11 is 0.830. The molecule has 4 aromatic rings. The molecule has 0 unspecified atom stereocenters. The number of aromatic hydroxyl groups is 1. The SMILES string of the molecule is CC(C)[C@@H]1NC(=O)[C@H](Cc2ccccc2)NC(=O)CSC[C@@H](C(=O)NCC(N)=O)NC(=O)[C@H](Cc2ccccc2)N(C)C(=O)[C@H]([C@@H](C)O)NC(=O)CN(C)C(=O)[C@H](Cc2ccccc2)N(C)C(=O)[C@H](Cc2ccc(O)cc2)NC(=O)CN(C)C(=O)[C@H](CCCC(=O)O)NC1=O. The van der Waals surface area contributed by atoms with Gasteiger partial charge in [0.15, 0.2) is 0 Å². The van der Waals surface area contributed by atoms with Gasteiger partial charge in [0, 0.05) is 66.0 Å². The number of carbonyl (C=O) groups excluding carboxylic acids is 12. The summed E-state index contributed by atoms with van der Waals surface area (Å²) in [7, 11) is 5.05. The Hall–Kier alpha value is -9.90. The van der Waals surface area contributed by atoms with Crippen molar-refractivity contribution in [2.24, 2.45) is 11.7 Å². The maximum atomic E-state index is 15.0. The summed E-state index contributed by atoms with van der Waals surface area (Å²) in [5, 5.41) is 49.0. The fourth-order valence-corrected chi connectivity index (χ4v) is 11.2. The number of nitrogens with two attached hydrogens (primary N) is 1. The average Bonchev–Trinajstić information content (AvgIpc) is 0.875. The molecule has 0 saturated carbocycles. The van der Waals surface area contributed by atoms with Crippen LogP contribution >= 0.6 is 11.8 Å². The van der Waals surface area contributed by atoms with E-state index in [2.05, 4.69) is 37.2 Å². The Morgan fingerprint density at radius 2 is 1.04 bits per heavy atom. The molecule has 1 aliphatic rings. The number of rotatable bonds is 17. The number of carboxylic acids is 1. The Kier molecular flexibility index (Phi) is 29.6. The number of nitrogens with one attached hydrogen (secondary N) is 7. The first-order valence-electron chi connectivity index (χ1n) is 30.8. The molecule has 0 aromatic heterocycles. The van der Waals surface area contributed by atoms with E-state index in [9.17, 15) is 72.9 Å². The van der Waals surface area contributed by atoms with Crippen LogP contribution in [-0.2, 0) is 88.0 Å². The lowest BCUT2D eigenvalue weighted by Crippen LogP contribution is -2.61. The van der Waals surface area contributed by atoms with E-state index in [0.29, 0.717) is 22.3 Å². The number of hydrogen-bond acceptors (Lipinski definition) is 16. The van der Waals surface area contributed by atoms with Crippen molar-refractivity contribution in [3.63, 3.8) is 0 Å². The summed E-state index contributed by atoms with van der Waals surface area (Å²) in [6, 6.07) is 19.2. The van der Waals surface area contributed by atoms with Crippen LogP contribution in [0.5, 0.6) is 5.75 Å². The minimum atomic E-state index is -1.77. The number of likely N-dealkylation sites (N-methyl/N-ethyl adjacent to an activating group) is 4. The number of carboxylic acid groups (broad SMARTS) is 1. The van der Waals surface area contributed by atoms with Gasteiger partial charge in [0.05, 0.1) is 31.5 Å².